The maximum atomic E-state index is 12.8. The monoisotopic (exact) mass is 286 g/mol. The van der Waals surface area contributed by atoms with Crippen molar-refractivity contribution in [1.29, 1.82) is 0 Å². The maximum Gasteiger partial charge on any atom is 0.230 e. The van der Waals surface area contributed by atoms with E-state index in [1.807, 2.05) is 29.2 Å². The number of para-hydroxylation sites is 2. The molecule has 0 unspecified atom stereocenters. The smallest absolute Gasteiger partial charge is 0.230 e. The SMILES string of the molecule is O=C([C@@H]1C[C@H]1C1CCNCC1)N1CCOc2ccccc21. The van der Waals surface area contributed by atoms with Crippen LogP contribution in [0.25, 0.3) is 0 Å². The van der Waals surface area contributed by atoms with Crippen molar-refractivity contribution in [3.05, 3.63) is 24.3 Å². The van der Waals surface area contributed by atoms with Crippen LogP contribution >= 0.6 is 0 Å². The Morgan fingerprint density at radius 3 is 2.90 bits per heavy atom. The predicted molar refractivity (Wildman–Crippen MR) is 81.5 cm³/mol. The molecule has 4 heteroatoms. The highest BCUT2D eigenvalue weighted by molar-refractivity contribution is 5.98. The third-order valence-electron chi connectivity index (χ3n) is 5.14. The van der Waals surface area contributed by atoms with Gasteiger partial charge in [-0.1, -0.05) is 12.1 Å². The normalized spacial score (nSPS) is 28.7. The van der Waals surface area contributed by atoms with Crippen molar-refractivity contribution in [3.8, 4) is 5.75 Å². The second-order valence-electron chi connectivity index (χ2n) is 6.40. The van der Waals surface area contributed by atoms with Gasteiger partial charge in [-0.15, -0.1) is 0 Å². The van der Waals surface area contributed by atoms with E-state index in [1.54, 1.807) is 0 Å². The topological polar surface area (TPSA) is 41.6 Å². The van der Waals surface area contributed by atoms with Crippen molar-refractivity contribution in [3.63, 3.8) is 0 Å². The Bertz CT molecular complexity index is 539. The van der Waals surface area contributed by atoms with Crippen molar-refractivity contribution in [2.45, 2.75) is 19.3 Å². The predicted octanol–water partition coefficient (Wildman–Crippen LogP) is 2.05. The van der Waals surface area contributed by atoms with Gasteiger partial charge in [0.05, 0.1) is 12.2 Å². The summed E-state index contributed by atoms with van der Waals surface area (Å²) in [5.41, 5.74) is 0.949. The molecule has 1 N–H and O–H groups in total. The number of piperidine rings is 1. The van der Waals surface area contributed by atoms with Gasteiger partial charge in [0, 0.05) is 5.92 Å². The highest BCUT2D eigenvalue weighted by atomic mass is 16.5. The summed E-state index contributed by atoms with van der Waals surface area (Å²) in [4.78, 5) is 14.8. The molecule has 1 saturated carbocycles. The zero-order valence-electron chi connectivity index (χ0n) is 12.3. The van der Waals surface area contributed by atoms with Crippen molar-refractivity contribution >= 4 is 11.6 Å². The van der Waals surface area contributed by atoms with Crippen LogP contribution in [0.2, 0.25) is 0 Å². The molecule has 0 radical (unpaired) electrons. The Hall–Kier alpha value is -1.55. The molecule has 0 bridgehead atoms. The van der Waals surface area contributed by atoms with E-state index in [1.165, 1.54) is 12.8 Å². The lowest BCUT2D eigenvalue weighted by Crippen LogP contribution is -2.39. The minimum absolute atomic E-state index is 0.249. The van der Waals surface area contributed by atoms with Gasteiger partial charge in [-0.3, -0.25) is 4.79 Å². The number of benzene rings is 1. The van der Waals surface area contributed by atoms with E-state index in [0.29, 0.717) is 25.0 Å². The van der Waals surface area contributed by atoms with E-state index in [-0.39, 0.29) is 5.92 Å². The first-order chi connectivity index (χ1) is 10.3. The van der Waals surface area contributed by atoms with Gasteiger partial charge in [-0.05, 0) is 56.3 Å². The number of carbonyl (C=O) groups excluding carboxylic acids is 1. The fraction of sp³-hybridized carbons (Fsp3) is 0.588. The van der Waals surface area contributed by atoms with Crippen molar-refractivity contribution in [2.75, 3.05) is 31.1 Å². The molecule has 21 heavy (non-hydrogen) atoms. The Labute approximate surface area is 125 Å². The van der Waals surface area contributed by atoms with E-state index < -0.39 is 0 Å². The molecule has 3 aliphatic rings. The van der Waals surface area contributed by atoms with Gasteiger partial charge < -0.3 is 15.0 Å². The summed E-state index contributed by atoms with van der Waals surface area (Å²) in [5.74, 6) is 2.77. The van der Waals surface area contributed by atoms with Gasteiger partial charge >= 0.3 is 0 Å². The average Bonchev–Trinajstić information content (AvgIpc) is 3.35. The lowest BCUT2D eigenvalue weighted by molar-refractivity contribution is -0.120. The first-order valence-electron chi connectivity index (χ1n) is 8.08. The summed E-state index contributed by atoms with van der Waals surface area (Å²) < 4.78 is 5.65. The van der Waals surface area contributed by atoms with Crippen LogP contribution in [0.4, 0.5) is 5.69 Å². The Morgan fingerprint density at radius 1 is 1.24 bits per heavy atom. The molecule has 1 aromatic rings. The third kappa shape index (κ3) is 2.42. The van der Waals surface area contributed by atoms with Crippen LogP contribution < -0.4 is 15.0 Å². The van der Waals surface area contributed by atoms with Gasteiger partial charge in [0.2, 0.25) is 5.91 Å². The second kappa shape index (κ2) is 5.34. The number of amides is 1. The lowest BCUT2D eigenvalue weighted by Gasteiger charge is -2.30. The molecule has 0 aromatic heterocycles. The first-order valence-corrected chi connectivity index (χ1v) is 8.08. The molecule has 1 aromatic carbocycles. The van der Waals surface area contributed by atoms with E-state index in [9.17, 15) is 4.79 Å². The number of rotatable bonds is 2. The zero-order chi connectivity index (χ0) is 14.2. The third-order valence-corrected chi connectivity index (χ3v) is 5.14. The van der Waals surface area contributed by atoms with Crippen LogP contribution in [0.5, 0.6) is 5.75 Å². The van der Waals surface area contributed by atoms with Crippen LogP contribution in [0, 0.1) is 17.8 Å². The summed E-state index contributed by atoms with van der Waals surface area (Å²) >= 11 is 0. The molecule has 2 fully saturated rings. The van der Waals surface area contributed by atoms with Crippen LogP contribution in [0.1, 0.15) is 19.3 Å². The average molecular weight is 286 g/mol. The van der Waals surface area contributed by atoms with Crippen LogP contribution in [-0.4, -0.2) is 32.1 Å². The highest BCUT2D eigenvalue weighted by Crippen LogP contribution is 2.49. The lowest BCUT2D eigenvalue weighted by atomic mass is 9.92. The Balaban J connectivity index is 1.47. The number of hydrogen-bond donors (Lipinski definition) is 1. The molecular formula is C17H22N2O2. The van der Waals surface area contributed by atoms with Gasteiger partial charge in [0.15, 0.2) is 0 Å². The van der Waals surface area contributed by atoms with Crippen molar-refractivity contribution < 1.29 is 9.53 Å². The highest BCUT2D eigenvalue weighted by Gasteiger charge is 2.49. The summed E-state index contributed by atoms with van der Waals surface area (Å²) in [6, 6.07) is 7.88. The molecule has 1 saturated heterocycles. The fourth-order valence-corrected chi connectivity index (χ4v) is 3.89. The van der Waals surface area contributed by atoms with Gasteiger partial charge in [-0.25, -0.2) is 0 Å². The van der Waals surface area contributed by atoms with Gasteiger partial charge in [-0.2, -0.15) is 0 Å². The number of nitrogens with zero attached hydrogens (tertiary/aromatic N) is 1. The molecule has 4 rings (SSSR count). The number of hydrogen-bond acceptors (Lipinski definition) is 3. The molecule has 112 valence electrons. The van der Waals surface area contributed by atoms with Crippen LogP contribution in [0.15, 0.2) is 24.3 Å². The standard InChI is InChI=1S/C17H22N2O2/c20-17(14-11-13(14)12-5-7-18-8-6-12)19-9-10-21-16-4-2-1-3-15(16)19/h1-4,12-14,18H,5-11H2/t13-,14+/m0/s1. The minimum Gasteiger partial charge on any atom is -0.490 e. The van der Waals surface area contributed by atoms with E-state index >= 15 is 0 Å². The maximum absolute atomic E-state index is 12.8. The van der Waals surface area contributed by atoms with Gasteiger partial charge in [0.1, 0.15) is 12.4 Å². The number of carbonyl (C=O) groups is 1. The van der Waals surface area contributed by atoms with E-state index in [2.05, 4.69) is 5.32 Å². The molecular weight excluding hydrogens is 264 g/mol. The molecule has 4 nitrogen and oxygen atoms in total. The van der Waals surface area contributed by atoms with Crippen LogP contribution in [0.3, 0.4) is 0 Å². The van der Waals surface area contributed by atoms with Crippen molar-refractivity contribution in [2.24, 2.45) is 17.8 Å². The quantitative estimate of drug-likeness (QED) is 0.904. The number of fused-ring (bicyclic) bond motifs is 1. The fourth-order valence-electron chi connectivity index (χ4n) is 3.89. The number of anilines is 1. The second-order valence-corrected chi connectivity index (χ2v) is 6.40. The summed E-state index contributed by atoms with van der Waals surface area (Å²) in [6.07, 6.45) is 3.55. The van der Waals surface area contributed by atoms with E-state index in [0.717, 1.165) is 36.9 Å². The number of ether oxygens (including phenoxy) is 1. The molecule has 2 atom stereocenters. The molecule has 2 aliphatic heterocycles. The molecule has 1 amide bonds. The molecule has 0 spiro atoms. The summed E-state index contributed by atoms with van der Waals surface area (Å²) in [5, 5.41) is 3.41. The summed E-state index contributed by atoms with van der Waals surface area (Å²) in [6.45, 7) is 3.52. The van der Waals surface area contributed by atoms with Crippen molar-refractivity contribution in [1.82, 2.24) is 5.32 Å². The van der Waals surface area contributed by atoms with E-state index in [4.69, 9.17) is 4.74 Å². The Morgan fingerprint density at radius 2 is 2.05 bits per heavy atom. The first kappa shape index (κ1) is 13.1. The minimum atomic E-state index is 0.249. The molecule has 1 aliphatic carbocycles. The molecule has 2 heterocycles. The van der Waals surface area contributed by atoms with Crippen LogP contribution in [-0.2, 0) is 4.79 Å². The van der Waals surface area contributed by atoms with Gasteiger partial charge in [0.25, 0.3) is 0 Å². The zero-order valence-corrected chi connectivity index (χ0v) is 12.3. The Kier molecular flexibility index (Phi) is 3.34. The largest absolute Gasteiger partial charge is 0.490 e. The number of nitrogens with one attached hydrogen (secondary N) is 1. The summed E-state index contributed by atoms with van der Waals surface area (Å²) in [7, 11) is 0.